The molecule has 0 heterocycles. The molecule has 0 radical (unpaired) electrons. The van der Waals surface area contributed by atoms with Crippen molar-refractivity contribution >= 4 is 23.4 Å². The zero-order chi connectivity index (χ0) is 13.5. The smallest absolute Gasteiger partial charge is 0.317 e. The van der Waals surface area contributed by atoms with Crippen LogP contribution in [0.1, 0.15) is 28.8 Å². The number of carboxylic acids is 1. The van der Waals surface area contributed by atoms with Crippen LogP contribution < -0.4 is 4.74 Å². The molecule has 1 aromatic rings. The summed E-state index contributed by atoms with van der Waals surface area (Å²) in [7, 11) is 1.49. The predicted molar refractivity (Wildman–Crippen MR) is 66.4 cm³/mol. The number of aryl methyl sites for hydroxylation is 1. The topological polar surface area (TPSA) is 63.6 Å². The van der Waals surface area contributed by atoms with Gasteiger partial charge in [0.05, 0.1) is 12.1 Å². The van der Waals surface area contributed by atoms with Crippen molar-refractivity contribution in [3.8, 4) is 5.75 Å². The summed E-state index contributed by atoms with van der Waals surface area (Å²) in [6.07, 6.45) is 0.786. The molecule has 1 aromatic carbocycles. The van der Waals surface area contributed by atoms with Crippen molar-refractivity contribution in [1.82, 2.24) is 0 Å². The van der Waals surface area contributed by atoms with Gasteiger partial charge in [-0.1, -0.05) is 11.6 Å². The maximum atomic E-state index is 12.3. The minimum absolute atomic E-state index is 0.313. The Balaban J connectivity index is 2.44. The number of methoxy groups -OCH3 is 1. The molecule has 2 rings (SSSR count). The van der Waals surface area contributed by atoms with Gasteiger partial charge in [-0.05, 0) is 37.5 Å². The molecule has 18 heavy (non-hydrogen) atoms. The van der Waals surface area contributed by atoms with Gasteiger partial charge in [0.15, 0.2) is 5.78 Å². The number of hydrogen-bond acceptors (Lipinski definition) is 3. The zero-order valence-electron chi connectivity index (χ0n) is 10.1. The summed E-state index contributed by atoms with van der Waals surface area (Å²) < 4.78 is 5.05. The van der Waals surface area contributed by atoms with Crippen molar-refractivity contribution in [2.24, 2.45) is 5.41 Å². The number of carbonyl (C=O) groups is 2. The Morgan fingerprint density at radius 1 is 1.39 bits per heavy atom. The van der Waals surface area contributed by atoms with E-state index in [2.05, 4.69) is 0 Å². The van der Waals surface area contributed by atoms with E-state index in [-0.39, 0.29) is 5.78 Å². The number of rotatable bonds is 4. The Kier molecular flexibility index (Phi) is 3.07. The number of ketones is 1. The molecule has 1 fully saturated rings. The second-order valence-corrected chi connectivity index (χ2v) is 4.93. The molecule has 1 saturated carbocycles. The van der Waals surface area contributed by atoms with Gasteiger partial charge in [-0.3, -0.25) is 9.59 Å². The van der Waals surface area contributed by atoms with E-state index in [9.17, 15) is 9.59 Å². The third-order valence-corrected chi connectivity index (χ3v) is 3.63. The van der Waals surface area contributed by atoms with Crippen molar-refractivity contribution < 1.29 is 19.4 Å². The monoisotopic (exact) mass is 268 g/mol. The highest BCUT2D eigenvalue weighted by Gasteiger charge is 2.57. The number of carboxylic acid groups (broad SMARTS) is 1. The molecule has 0 spiro atoms. The summed E-state index contributed by atoms with van der Waals surface area (Å²) in [5, 5.41) is 9.43. The summed E-state index contributed by atoms with van der Waals surface area (Å²) in [5.41, 5.74) is -0.197. The predicted octanol–water partition coefficient (Wildman–Crippen LogP) is 2.70. The molecule has 0 aliphatic heterocycles. The van der Waals surface area contributed by atoms with Crippen molar-refractivity contribution in [1.29, 1.82) is 0 Å². The van der Waals surface area contributed by atoms with Crippen molar-refractivity contribution in [3.63, 3.8) is 0 Å². The Hall–Kier alpha value is -1.55. The Morgan fingerprint density at radius 2 is 2.00 bits per heavy atom. The molecule has 0 atom stereocenters. The van der Waals surface area contributed by atoms with Crippen LogP contribution in [0.15, 0.2) is 12.1 Å². The van der Waals surface area contributed by atoms with Crippen LogP contribution in [0.2, 0.25) is 5.02 Å². The van der Waals surface area contributed by atoms with Gasteiger partial charge in [0.1, 0.15) is 11.2 Å². The van der Waals surface area contributed by atoms with Gasteiger partial charge in [0.25, 0.3) is 0 Å². The first-order valence-corrected chi connectivity index (χ1v) is 5.92. The Labute approximate surface area is 110 Å². The standard InChI is InChI=1S/C13H13ClO4/c1-7-5-10(18-2)9(14)6-8(7)11(15)13(3-4-13)12(16)17/h5-6H,3-4H2,1-2H3,(H,16,17). The van der Waals surface area contributed by atoms with Crippen LogP contribution in [0.5, 0.6) is 5.75 Å². The lowest BCUT2D eigenvalue weighted by Crippen LogP contribution is -2.26. The van der Waals surface area contributed by atoms with Crippen LogP contribution in [0.3, 0.4) is 0 Å². The summed E-state index contributed by atoms with van der Waals surface area (Å²) >= 11 is 5.97. The first-order chi connectivity index (χ1) is 8.42. The molecule has 4 nitrogen and oxygen atoms in total. The number of hydrogen-bond donors (Lipinski definition) is 1. The average molecular weight is 269 g/mol. The fourth-order valence-corrected chi connectivity index (χ4v) is 2.22. The minimum Gasteiger partial charge on any atom is -0.495 e. The summed E-state index contributed by atoms with van der Waals surface area (Å²) in [5.74, 6) is -0.943. The highest BCUT2D eigenvalue weighted by atomic mass is 35.5. The van der Waals surface area contributed by atoms with Gasteiger partial charge >= 0.3 is 5.97 Å². The highest BCUT2D eigenvalue weighted by Crippen LogP contribution is 2.49. The van der Waals surface area contributed by atoms with Crippen molar-refractivity contribution in [3.05, 3.63) is 28.3 Å². The molecule has 0 bridgehead atoms. The summed E-state index contributed by atoms with van der Waals surface area (Å²) in [6.45, 7) is 1.74. The fraction of sp³-hybridized carbons (Fsp3) is 0.385. The Bertz CT molecular complexity index is 532. The van der Waals surface area contributed by atoms with Crippen LogP contribution in [0, 0.1) is 12.3 Å². The number of benzene rings is 1. The highest BCUT2D eigenvalue weighted by molar-refractivity contribution is 6.32. The van der Waals surface area contributed by atoms with E-state index in [1.807, 2.05) is 0 Å². The average Bonchev–Trinajstić information content (AvgIpc) is 3.12. The lowest BCUT2D eigenvalue weighted by molar-refractivity contribution is -0.141. The molecule has 0 saturated heterocycles. The van der Waals surface area contributed by atoms with Crippen LogP contribution in [-0.4, -0.2) is 24.0 Å². The molecule has 0 amide bonds. The van der Waals surface area contributed by atoms with Crippen molar-refractivity contribution in [2.75, 3.05) is 7.11 Å². The molecular weight excluding hydrogens is 256 g/mol. The number of carbonyl (C=O) groups excluding carboxylic acids is 1. The molecule has 1 aliphatic carbocycles. The van der Waals surface area contributed by atoms with Crippen LogP contribution in [-0.2, 0) is 4.79 Å². The van der Waals surface area contributed by atoms with E-state index in [1.54, 1.807) is 13.0 Å². The first kappa shape index (κ1) is 12.9. The summed E-state index contributed by atoms with van der Waals surface area (Å²) in [4.78, 5) is 23.4. The summed E-state index contributed by atoms with van der Waals surface area (Å²) in [6, 6.07) is 3.13. The maximum absolute atomic E-state index is 12.3. The third-order valence-electron chi connectivity index (χ3n) is 3.34. The van der Waals surface area contributed by atoms with Gasteiger partial charge < -0.3 is 9.84 Å². The molecule has 5 heteroatoms. The number of halogens is 1. The SMILES string of the molecule is COc1cc(C)c(C(=O)C2(C(=O)O)CC2)cc1Cl. The maximum Gasteiger partial charge on any atom is 0.317 e. The van der Waals surface area contributed by atoms with Gasteiger partial charge in [-0.25, -0.2) is 0 Å². The van der Waals surface area contributed by atoms with Crippen molar-refractivity contribution in [2.45, 2.75) is 19.8 Å². The Morgan fingerprint density at radius 3 is 2.44 bits per heavy atom. The van der Waals surface area contributed by atoms with Gasteiger partial charge in [0, 0.05) is 5.56 Å². The lowest BCUT2D eigenvalue weighted by Gasteiger charge is -2.13. The van der Waals surface area contributed by atoms with E-state index < -0.39 is 11.4 Å². The van der Waals surface area contributed by atoms with E-state index in [0.717, 1.165) is 0 Å². The molecular formula is C13H13ClO4. The van der Waals surface area contributed by atoms with Gasteiger partial charge in [-0.2, -0.15) is 0 Å². The molecule has 1 N–H and O–H groups in total. The molecule has 1 aliphatic rings. The third kappa shape index (κ3) is 1.86. The van der Waals surface area contributed by atoms with E-state index >= 15 is 0 Å². The normalized spacial score (nSPS) is 16.2. The molecule has 96 valence electrons. The minimum atomic E-state index is -1.23. The number of aliphatic carboxylic acids is 1. The van der Waals surface area contributed by atoms with Gasteiger partial charge in [-0.15, -0.1) is 0 Å². The second kappa shape index (κ2) is 4.28. The quantitative estimate of drug-likeness (QED) is 0.674. The zero-order valence-corrected chi connectivity index (χ0v) is 10.9. The van der Waals surface area contributed by atoms with Crippen LogP contribution >= 0.6 is 11.6 Å². The molecule has 0 unspecified atom stereocenters. The first-order valence-electron chi connectivity index (χ1n) is 5.55. The van der Waals surface area contributed by atoms with E-state index in [4.69, 9.17) is 21.4 Å². The van der Waals surface area contributed by atoms with Crippen LogP contribution in [0.25, 0.3) is 0 Å². The largest absolute Gasteiger partial charge is 0.495 e. The fourth-order valence-electron chi connectivity index (χ4n) is 1.98. The molecule has 0 aromatic heterocycles. The second-order valence-electron chi connectivity index (χ2n) is 4.52. The van der Waals surface area contributed by atoms with Gasteiger partial charge in [0.2, 0.25) is 0 Å². The lowest BCUT2D eigenvalue weighted by atomic mass is 9.92. The van der Waals surface area contributed by atoms with E-state index in [1.165, 1.54) is 13.2 Å². The van der Waals surface area contributed by atoms with Crippen LogP contribution in [0.4, 0.5) is 0 Å². The number of ether oxygens (including phenoxy) is 1. The van der Waals surface area contributed by atoms with E-state index in [0.29, 0.717) is 34.7 Å². The number of Topliss-reactive ketones (excluding diaryl/α,β-unsaturated/α-hetero) is 1.